The molecular formula is C20H27BrN2O3S. The van der Waals surface area contributed by atoms with Crippen molar-refractivity contribution in [3.63, 3.8) is 0 Å². The monoisotopic (exact) mass is 454 g/mol. The van der Waals surface area contributed by atoms with Gasteiger partial charge in [0.15, 0.2) is 0 Å². The molecule has 5 nitrogen and oxygen atoms in total. The number of thiophene rings is 1. The molecule has 2 aromatic rings. The van der Waals surface area contributed by atoms with E-state index in [9.17, 15) is 9.90 Å². The van der Waals surface area contributed by atoms with Crippen LogP contribution in [0.15, 0.2) is 47.8 Å². The number of quaternary nitrogens is 1. The van der Waals surface area contributed by atoms with E-state index in [1.165, 1.54) is 11.3 Å². The molecule has 0 spiro atoms. The van der Waals surface area contributed by atoms with Gasteiger partial charge in [-0.1, -0.05) is 36.4 Å². The van der Waals surface area contributed by atoms with E-state index in [4.69, 9.17) is 4.74 Å². The number of hydrogen-bond donors (Lipinski definition) is 1. The first-order valence-electron chi connectivity index (χ1n) is 8.94. The average Bonchev–Trinajstić information content (AvgIpc) is 3.21. The number of nitrogens with zero attached hydrogens (tertiary/aromatic N) is 2. The zero-order valence-corrected chi connectivity index (χ0v) is 18.2. The second-order valence-electron chi connectivity index (χ2n) is 7.18. The van der Waals surface area contributed by atoms with E-state index < -0.39 is 5.60 Å². The second-order valence-corrected chi connectivity index (χ2v) is 8.13. The Morgan fingerprint density at radius 3 is 2.48 bits per heavy atom. The molecule has 1 aromatic carbocycles. The number of halogens is 1. The van der Waals surface area contributed by atoms with Crippen LogP contribution in [0.25, 0.3) is 0 Å². The minimum absolute atomic E-state index is 0. The van der Waals surface area contributed by atoms with Crippen LogP contribution in [0, 0.1) is 0 Å². The van der Waals surface area contributed by atoms with Gasteiger partial charge in [0.25, 0.3) is 5.91 Å². The topological polar surface area (TPSA) is 49.8 Å². The van der Waals surface area contributed by atoms with Gasteiger partial charge in [-0.15, -0.1) is 11.3 Å². The van der Waals surface area contributed by atoms with Crippen LogP contribution in [-0.2, 0) is 15.1 Å². The summed E-state index contributed by atoms with van der Waals surface area (Å²) in [4.78, 5) is 15.6. The Bertz CT molecular complexity index is 720. The van der Waals surface area contributed by atoms with E-state index in [2.05, 4.69) is 7.05 Å². The standard InChI is InChI=1S/C20H27N2O3S.BrH/c1-21(10-11-22(2)12-14-25-15-13-22)19(23)20(24,18-9-6-16-26-18)17-7-4-3-5-8-17;/h3-9,16,24H,10-15H2,1-2H3;1H/q+1;/p-1. The van der Waals surface area contributed by atoms with Gasteiger partial charge in [0.1, 0.15) is 13.1 Å². The van der Waals surface area contributed by atoms with Crippen molar-refractivity contribution in [3.8, 4) is 0 Å². The minimum atomic E-state index is -1.65. The summed E-state index contributed by atoms with van der Waals surface area (Å²) in [6.45, 7) is 4.87. The fraction of sp³-hybridized carbons (Fsp3) is 0.450. The summed E-state index contributed by atoms with van der Waals surface area (Å²) in [5.74, 6) is -0.286. The lowest BCUT2D eigenvalue weighted by atomic mass is 9.90. The van der Waals surface area contributed by atoms with Crippen LogP contribution >= 0.6 is 11.3 Å². The molecule has 1 aromatic heterocycles. The van der Waals surface area contributed by atoms with E-state index in [0.717, 1.165) is 37.3 Å². The highest BCUT2D eigenvalue weighted by molar-refractivity contribution is 7.10. The SMILES string of the molecule is CN(CC[N+]1(C)CCOCC1)C(=O)C(O)(c1ccccc1)c1cccs1.[Br-]. The summed E-state index contributed by atoms with van der Waals surface area (Å²) >= 11 is 1.40. The molecule has 27 heavy (non-hydrogen) atoms. The van der Waals surface area contributed by atoms with Gasteiger partial charge < -0.3 is 36.2 Å². The largest absolute Gasteiger partial charge is 1.00 e. The quantitative estimate of drug-likeness (QED) is 0.565. The van der Waals surface area contributed by atoms with Crippen LogP contribution in [0.2, 0.25) is 0 Å². The van der Waals surface area contributed by atoms with Crippen molar-refractivity contribution in [1.29, 1.82) is 0 Å². The number of benzene rings is 1. The number of carbonyl (C=O) groups is 1. The van der Waals surface area contributed by atoms with Crippen molar-refractivity contribution in [3.05, 3.63) is 58.3 Å². The summed E-state index contributed by atoms with van der Waals surface area (Å²) in [6.07, 6.45) is 0. The maximum Gasteiger partial charge on any atom is 0.264 e. The molecule has 148 valence electrons. The molecule has 0 aliphatic carbocycles. The third-order valence-corrected chi connectivity index (χ3v) is 6.23. The van der Waals surface area contributed by atoms with Gasteiger partial charge >= 0.3 is 0 Å². The van der Waals surface area contributed by atoms with Gasteiger partial charge in [-0.2, -0.15) is 0 Å². The Morgan fingerprint density at radius 2 is 1.89 bits per heavy atom. The molecule has 1 N–H and O–H groups in total. The number of aliphatic hydroxyl groups is 1. The molecule has 0 radical (unpaired) electrons. The molecule has 1 aliphatic heterocycles. The highest BCUT2D eigenvalue weighted by Gasteiger charge is 2.43. The van der Waals surface area contributed by atoms with Crippen molar-refractivity contribution < 1.29 is 36.1 Å². The van der Waals surface area contributed by atoms with Crippen LogP contribution in [0.1, 0.15) is 10.4 Å². The van der Waals surface area contributed by atoms with Gasteiger partial charge in [0, 0.05) is 7.05 Å². The normalized spacial score (nSPS) is 18.2. The van der Waals surface area contributed by atoms with E-state index in [-0.39, 0.29) is 22.9 Å². The molecule has 1 atom stereocenters. The number of likely N-dealkylation sites (N-methyl/N-ethyl adjacent to an activating group) is 2. The Morgan fingerprint density at radius 1 is 1.22 bits per heavy atom. The summed E-state index contributed by atoms with van der Waals surface area (Å²) < 4.78 is 6.33. The molecular weight excluding hydrogens is 428 g/mol. The highest BCUT2D eigenvalue weighted by Crippen LogP contribution is 2.34. The Kier molecular flexibility index (Phi) is 7.59. The van der Waals surface area contributed by atoms with Crippen LogP contribution in [0.4, 0.5) is 0 Å². The van der Waals surface area contributed by atoms with Crippen molar-refractivity contribution in [2.24, 2.45) is 0 Å². The predicted octanol–water partition coefficient (Wildman–Crippen LogP) is -1.08. The molecule has 7 heteroatoms. The average molecular weight is 455 g/mol. The van der Waals surface area contributed by atoms with Crippen LogP contribution in [-0.4, -0.2) is 73.9 Å². The molecule has 1 saturated heterocycles. The Hall–Kier alpha value is -1.25. The first-order valence-corrected chi connectivity index (χ1v) is 9.82. The minimum Gasteiger partial charge on any atom is -1.00 e. The van der Waals surface area contributed by atoms with E-state index in [0.29, 0.717) is 17.0 Å². The lowest BCUT2D eigenvalue weighted by Gasteiger charge is -2.39. The summed E-state index contributed by atoms with van der Waals surface area (Å²) in [5.41, 5.74) is -1.04. The molecule has 1 amide bonds. The number of hydrogen-bond acceptors (Lipinski definition) is 4. The van der Waals surface area contributed by atoms with E-state index in [1.54, 1.807) is 24.1 Å². The maximum atomic E-state index is 13.3. The highest BCUT2D eigenvalue weighted by atomic mass is 79.9. The van der Waals surface area contributed by atoms with Crippen LogP contribution in [0.3, 0.4) is 0 Å². The Balaban J connectivity index is 0.00000261. The summed E-state index contributed by atoms with van der Waals surface area (Å²) in [5, 5.41) is 13.4. The summed E-state index contributed by atoms with van der Waals surface area (Å²) in [6, 6.07) is 12.9. The van der Waals surface area contributed by atoms with Gasteiger partial charge in [-0.3, -0.25) is 4.79 Å². The summed E-state index contributed by atoms with van der Waals surface area (Å²) in [7, 11) is 3.97. The molecule has 1 unspecified atom stereocenters. The van der Waals surface area contributed by atoms with Crippen LogP contribution < -0.4 is 17.0 Å². The van der Waals surface area contributed by atoms with Crippen molar-refractivity contribution in [1.82, 2.24) is 4.90 Å². The molecule has 1 fully saturated rings. The molecule has 1 aliphatic rings. The van der Waals surface area contributed by atoms with E-state index in [1.807, 2.05) is 35.7 Å². The number of amides is 1. The third kappa shape index (κ3) is 4.78. The smallest absolute Gasteiger partial charge is 0.264 e. The third-order valence-electron chi connectivity index (χ3n) is 5.25. The molecule has 3 rings (SSSR count). The van der Waals surface area contributed by atoms with Gasteiger partial charge in [0.2, 0.25) is 5.60 Å². The van der Waals surface area contributed by atoms with Gasteiger partial charge in [-0.05, 0) is 17.0 Å². The molecule has 2 heterocycles. The predicted molar refractivity (Wildman–Crippen MR) is 103 cm³/mol. The number of carbonyl (C=O) groups excluding carboxylic acids is 1. The van der Waals surface area contributed by atoms with Crippen molar-refractivity contribution >= 4 is 17.2 Å². The first-order chi connectivity index (χ1) is 12.5. The van der Waals surface area contributed by atoms with Crippen molar-refractivity contribution in [2.45, 2.75) is 5.60 Å². The molecule has 0 bridgehead atoms. The fourth-order valence-corrected chi connectivity index (χ4v) is 4.15. The zero-order valence-electron chi connectivity index (χ0n) is 15.8. The van der Waals surface area contributed by atoms with E-state index >= 15 is 0 Å². The van der Waals surface area contributed by atoms with Gasteiger partial charge in [-0.25, -0.2) is 0 Å². The Labute approximate surface area is 175 Å². The van der Waals surface area contributed by atoms with Crippen molar-refractivity contribution in [2.75, 3.05) is 53.5 Å². The maximum absolute atomic E-state index is 13.3. The lowest BCUT2D eigenvalue weighted by molar-refractivity contribution is -0.916. The lowest BCUT2D eigenvalue weighted by Crippen LogP contribution is -3.00. The number of ether oxygens (including phenoxy) is 1. The molecule has 0 saturated carbocycles. The zero-order chi connectivity index (χ0) is 18.6. The first kappa shape index (κ1) is 22.0. The second kappa shape index (κ2) is 9.30. The number of rotatable bonds is 6. The van der Waals surface area contributed by atoms with Crippen LogP contribution in [0.5, 0.6) is 0 Å². The number of morpholine rings is 1. The van der Waals surface area contributed by atoms with Gasteiger partial charge in [0.05, 0.1) is 38.2 Å². The fourth-order valence-electron chi connectivity index (χ4n) is 3.31.